The highest BCUT2D eigenvalue weighted by Gasteiger charge is 2.37. The molecule has 0 aliphatic carbocycles. The molecule has 0 saturated carbocycles. The van der Waals surface area contributed by atoms with Gasteiger partial charge in [0.25, 0.3) is 17.5 Å². The number of halogens is 3. The number of likely N-dealkylation sites (tertiary alicyclic amines) is 2. The molecule has 2 fully saturated rings. The Morgan fingerprint density at radius 3 is 2.55 bits per heavy atom. The lowest BCUT2D eigenvalue weighted by atomic mass is 9.93. The second kappa shape index (κ2) is 8.77. The number of furan rings is 1. The average molecular weight is 462 g/mol. The quantitative estimate of drug-likeness (QED) is 0.588. The van der Waals surface area contributed by atoms with Gasteiger partial charge in [-0.3, -0.25) is 9.69 Å². The Morgan fingerprint density at radius 1 is 1.06 bits per heavy atom. The fourth-order valence-corrected chi connectivity index (χ4v) is 4.69. The van der Waals surface area contributed by atoms with Crippen molar-refractivity contribution >= 4 is 11.7 Å². The molecular weight excluding hydrogens is 437 g/mol. The molecule has 0 bridgehead atoms. The van der Waals surface area contributed by atoms with Crippen molar-refractivity contribution in [2.24, 2.45) is 0 Å². The van der Waals surface area contributed by atoms with Gasteiger partial charge in [-0.05, 0) is 57.0 Å². The number of carbonyl (C=O) groups excluding carboxylic acids is 1. The van der Waals surface area contributed by atoms with Crippen LogP contribution in [0.3, 0.4) is 0 Å². The van der Waals surface area contributed by atoms with Crippen LogP contribution in [0.2, 0.25) is 0 Å². The molecule has 0 radical (unpaired) electrons. The van der Waals surface area contributed by atoms with E-state index in [1.165, 1.54) is 30.0 Å². The highest BCUT2D eigenvalue weighted by molar-refractivity contribution is 5.91. The topological polar surface area (TPSA) is 79.8 Å². The molecule has 5 rings (SSSR count). The van der Waals surface area contributed by atoms with E-state index in [0.29, 0.717) is 43.9 Å². The fourth-order valence-electron chi connectivity index (χ4n) is 4.69. The van der Waals surface area contributed by atoms with E-state index >= 15 is 0 Å². The van der Waals surface area contributed by atoms with Crippen LogP contribution >= 0.6 is 0 Å². The number of alkyl halides is 3. The van der Waals surface area contributed by atoms with Crippen LogP contribution in [0, 0.1) is 0 Å². The molecule has 33 heavy (non-hydrogen) atoms. The van der Waals surface area contributed by atoms with Crippen molar-refractivity contribution in [3.05, 3.63) is 47.4 Å². The number of hydrogen-bond acceptors (Lipinski definition) is 6. The van der Waals surface area contributed by atoms with Gasteiger partial charge in [0, 0.05) is 25.2 Å². The third-order valence-electron chi connectivity index (χ3n) is 6.42. The first-order valence-electron chi connectivity index (χ1n) is 11.3. The molecule has 176 valence electrons. The summed E-state index contributed by atoms with van der Waals surface area (Å²) in [6.07, 6.45) is 1.68. The van der Waals surface area contributed by atoms with E-state index in [2.05, 4.69) is 20.0 Å². The van der Waals surface area contributed by atoms with E-state index in [1.807, 2.05) is 6.07 Å². The van der Waals surface area contributed by atoms with Crippen LogP contribution < -0.4 is 0 Å². The van der Waals surface area contributed by atoms with Crippen LogP contribution in [0.15, 0.2) is 28.8 Å². The molecule has 2 aliphatic rings. The van der Waals surface area contributed by atoms with Gasteiger partial charge in [0.1, 0.15) is 5.76 Å². The van der Waals surface area contributed by atoms with Crippen molar-refractivity contribution in [3.8, 4) is 0 Å². The second-order valence-corrected chi connectivity index (χ2v) is 8.68. The van der Waals surface area contributed by atoms with Crippen LogP contribution in [-0.2, 0) is 12.7 Å². The molecule has 0 unspecified atom stereocenters. The highest BCUT2D eigenvalue weighted by Crippen LogP contribution is 2.31. The zero-order chi connectivity index (χ0) is 23.0. The van der Waals surface area contributed by atoms with E-state index in [0.717, 1.165) is 18.8 Å². The minimum absolute atomic E-state index is 0.0476. The molecule has 0 aromatic carbocycles. The Bertz CT molecular complexity index is 1130. The Morgan fingerprint density at radius 2 is 1.82 bits per heavy atom. The van der Waals surface area contributed by atoms with Gasteiger partial charge in [0.05, 0.1) is 12.2 Å². The van der Waals surface area contributed by atoms with Gasteiger partial charge in [-0.15, -0.1) is 5.10 Å². The summed E-state index contributed by atoms with van der Waals surface area (Å²) < 4.78 is 46.0. The summed E-state index contributed by atoms with van der Waals surface area (Å²) in [5.41, 5.74) is 0.622. The monoisotopic (exact) mass is 462 g/mol. The van der Waals surface area contributed by atoms with Crippen molar-refractivity contribution < 1.29 is 22.4 Å². The molecule has 2 saturated heterocycles. The molecule has 1 amide bonds. The summed E-state index contributed by atoms with van der Waals surface area (Å²) >= 11 is 0. The average Bonchev–Trinajstić information content (AvgIpc) is 3.46. The number of nitrogens with zero attached hydrogens (tertiary/aromatic N) is 6. The van der Waals surface area contributed by atoms with Gasteiger partial charge in [-0.2, -0.15) is 18.2 Å². The lowest BCUT2D eigenvalue weighted by molar-refractivity contribution is -0.144. The van der Waals surface area contributed by atoms with E-state index < -0.39 is 12.0 Å². The molecule has 2 aliphatic heterocycles. The molecule has 5 heterocycles. The maximum atomic E-state index is 13.0. The van der Waals surface area contributed by atoms with E-state index in [1.54, 1.807) is 17.0 Å². The van der Waals surface area contributed by atoms with Crippen molar-refractivity contribution in [3.63, 3.8) is 0 Å². The SMILES string of the molecule is O=C(c1ccc(CN2CCCCC2)o1)N1CCC(c2ccnc3nc(C(F)(F)F)nn23)CC1. The molecular formula is C22H25F3N6O2. The number of hydrogen-bond donors (Lipinski definition) is 0. The van der Waals surface area contributed by atoms with E-state index in [-0.39, 0.29) is 17.6 Å². The predicted molar refractivity (Wildman–Crippen MR) is 111 cm³/mol. The summed E-state index contributed by atoms with van der Waals surface area (Å²) in [5, 5.41) is 3.63. The minimum atomic E-state index is -4.63. The van der Waals surface area contributed by atoms with Gasteiger partial charge < -0.3 is 9.32 Å². The lowest BCUT2D eigenvalue weighted by Gasteiger charge is -2.31. The number of amides is 1. The van der Waals surface area contributed by atoms with Gasteiger partial charge in [0.15, 0.2) is 5.76 Å². The van der Waals surface area contributed by atoms with Crippen LogP contribution in [0.5, 0.6) is 0 Å². The molecule has 0 atom stereocenters. The maximum absolute atomic E-state index is 13.0. The standard InChI is InChI=1S/C22H25F3N6O2/c23-22(24,25)20-27-21-26-9-6-17(31(21)28-20)15-7-12-30(13-8-15)19(32)18-5-4-16(33-18)14-29-10-2-1-3-11-29/h4-6,9,15H,1-3,7-8,10-14H2. The van der Waals surface area contributed by atoms with Gasteiger partial charge in [-0.25, -0.2) is 9.50 Å². The third kappa shape index (κ3) is 4.59. The van der Waals surface area contributed by atoms with Crippen molar-refractivity contribution in [1.82, 2.24) is 29.4 Å². The second-order valence-electron chi connectivity index (χ2n) is 8.68. The number of rotatable bonds is 4. The first-order chi connectivity index (χ1) is 15.9. The number of aromatic nitrogens is 4. The van der Waals surface area contributed by atoms with Gasteiger partial charge >= 0.3 is 6.18 Å². The Labute approximate surface area is 188 Å². The zero-order valence-electron chi connectivity index (χ0n) is 18.1. The van der Waals surface area contributed by atoms with Crippen LogP contribution in [0.25, 0.3) is 5.78 Å². The zero-order valence-corrected chi connectivity index (χ0v) is 18.1. The van der Waals surface area contributed by atoms with E-state index in [4.69, 9.17) is 4.42 Å². The van der Waals surface area contributed by atoms with Crippen molar-refractivity contribution in [2.75, 3.05) is 26.2 Å². The first kappa shape index (κ1) is 21.9. The summed E-state index contributed by atoms with van der Waals surface area (Å²) in [7, 11) is 0. The number of fused-ring (bicyclic) bond motifs is 1. The van der Waals surface area contributed by atoms with Crippen LogP contribution in [0.4, 0.5) is 13.2 Å². The molecule has 8 nitrogen and oxygen atoms in total. The Balaban J connectivity index is 1.23. The predicted octanol–water partition coefficient (Wildman–Crippen LogP) is 3.74. The summed E-state index contributed by atoms with van der Waals surface area (Å²) in [6.45, 7) is 3.78. The lowest BCUT2D eigenvalue weighted by Crippen LogP contribution is -2.38. The maximum Gasteiger partial charge on any atom is 0.453 e. The first-order valence-corrected chi connectivity index (χ1v) is 11.3. The molecule has 3 aromatic heterocycles. The molecule has 3 aromatic rings. The van der Waals surface area contributed by atoms with Gasteiger partial charge in [0.2, 0.25) is 0 Å². The molecule has 11 heteroatoms. The van der Waals surface area contributed by atoms with Crippen molar-refractivity contribution in [1.29, 1.82) is 0 Å². The summed E-state index contributed by atoms with van der Waals surface area (Å²) in [6, 6.07) is 5.27. The fraction of sp³-hybridized carbons (Fsp3) is 0.545. The van der Waals surface area contributed by atoms with Crippen LogP contribution in [0.1, 0.15) is 65.9 Å². The molecule has 0 spiro atoms. The number of piperidine rings is 2. The Hall–Kier alpha value is -2.95. The highest BCUT2D eigenvalue weighted by atomic mass is 19.4. The summed E-state index contributed by atoms with van der Waals surface area (Å²) in [5.74, 6) is -0.353. The van der Waals surface area contributed by atoms with Crippen LogP contribution in [-0.4, -0.2) is 61.5 Å². The van der Waals surface area contributed by atoms with Gasteiger partial charge in [-0.1, -0.05) is 6.42 Å². The Kier molecular flexibility index (Phi) is 5.81. The minimum Gasteiger partial charge on any atom is -0.455 e. The van der Waals surface area contributed by atoms with E-state index in [9.17, 15) is 18.0 Å². The number of carbonyl (C=O) groups is 1. The largest absolute Gasteiger partial charge is 0.455 e. The third-order valence-corrected chi connectivity index (χ3v) is 6.42. The van der Waals surface area contributed by atoms with Crippen molar-refractivity contribution in [2.45, 2.75) is 50.7 Å². The molecule has 0 N–H and O–H groups in total. The smallest absolute Gasteiger partial charge is 0.453 e. The normalized spacial score (nSPS) is 18.8. The summed E-state index contributed by atoms with van der Waals surface area (Å²) in [4.78, 5) is 24.4.